The zero-order chi connectivity index (χ0) is 13.4. The number of hydrogen-bond donors (Lipinski definition) is 2. The summed E-state index contributed by atoms with van der Waals surface area (Å²) in [5.74, 6) is 0.778. The molecule has 2 atom stereocenters. The van der Waals surface area contributed by atoms with E-state index in [9.17, 15) is 5.11 Å². The Balaban J connectivity index is 2.68. The van der Waals surface area contributed by atoms with Crippen molar-refractivity contribution >= 4 is 15.9 Å². The van der Waals surface area contributed by atoms with Crippen molar-refractivity contribution in [3.05, 3.63) is 29.8 Å². The summed E-state index contributed by atoms with van der Waals surface area (Å²) in [6.45, 7) is 5.49. The number of ether oxygens (including phenoxy) is 1. The van der Waals surface area contributed by atoms with Crippen LogP contribution in [0.25, 0.3) is 0 Å². The summed E-state index contributed by atoms with van der Waals surface area (Å²) in [5.41, 5.74) is 0.847. The van der Waals surface area contributed by atoms with Gasteiger partial charge in [-0.25, -0.2) is 0 Å². The van der Waals surface area contributed by atoms with Crippen LogP contribution in [0.1, 0.15) is 31.9 Å². The SMILES string of the molecule is CCC(C)Oc1ccccc1C(O)CNCCBr. The van der Waals surface area contributed by atoms with E-state index >= 15 is 0 Å². The number of hydrogen-bond acceptors (Lipinski definition) is 3. The van der Waals surface area contributed by atoms with Crippen LogP contribution < -0.4 is 10.1 Å². The maximum Gasteiger partial charge on any atom is 0.125 e. The van der Waals surface area contributed by atoms with Crippen LogP contribution in [0.2, 0.25) is 0 Å². The van der Waals surface area contributed by atoms with E-state index in [1.54, 1.807) is 0 Å². The highest BCUT2D eigenvalue weighted by molar-refractivity contribution is 9.09. The van der Waals surface area contributed by atoms with Gasteiger partial charge in [-0.1, -0.05) is 41.1 Å². The fraction of sp³-hybridized carbons (Fsp3) is 0.571. The van der Waals surface area contributed by atoms with Crippen molar-refractivity contribution in [1.82, 2.24) is 5.32 Å². The molecule has 0 spiro atoms. The quantitative estimate of drug-likeness (QED) is 0.572. The molecule has 0 heterocycles. The third-order valence-electron chi connectivity index (χ3n) is 2.79. The van der Waals surface area contributed by atoms with Crippen LogP contribution >= 0.6 is 15.9 Å². The Labute approximate surface area is 118 Å². The Bertz CT molecular complexity index is 346. The number of nitrogens with one attached hydrogen (secondary N) is 1. The molecule has 0 aliphatic carbocycles. The minimum Gasteiger partial charge on any atom is -0.490 e. The number of rotatable bonds is 8. The average Bonchev–Trinajstić information content (AvgIpc) is 2.39. The van der Waals surface area contributed by atoms with Gasteiger partial charge in [0.25, 0.3) is 0 Å². The van der Waals surface area contributed by atoms with Gasteiger partial charge in [-0.05, 0) is 19.4 Å². The van der Waals surface area contributed by atoms with E-state index in [1.807, 2.05) is 31.2 Å². The third-order valence-corrected chi connectivity index (χ3v) is 3.19. The number of halogens is 1. The highest BCUT2D eigenvalue weighted by atomic mass is 79.9. The Morgan fingerprint density at radius 1 is 1.39 bits per heavy atom. The summed E-state index contributed by atoms with van der Waals surface area (Å²) in [5, 5.41) is 14.2. The van der Waals surface area contributed by atoms with Crippen molar-refractivity contribution < 1.29 is 9.84 Å². The van der Waals surface area contributed by atoms with E-state index < -0.39 is 6.10 Å². The summed E-state index contributed by atoms with van der Waals surface area (Å²) in [7, 11) is 0. The standard InChI is InChI=1S/C14H22BrNO2/c1-3-11(2)18-14-7-5-4-6-12(14)13(17)10-16-9-8-15/h4-7,11,13,16-17H,3,8-10H2,1-2H3. The lowest BCUT2D eigenvalue weighted by Crippen LogP contribution is -2.24. The summed E-state index contributed by atoms with van der Waals surface area (Å²) in [6.07, 6.45) is 0.574. The maximum atomic E-state index is 10.2. The number of benzene rings is 1. The molecule has 2 N–H and O–H groups in total. The molecule has 102 valence electrons. The second-order valence-electron chi connectivity index (χ2n) is 4.28. The smallest absolute Gasteiger partial charge is 0.125 e. The van der Waals surface area contributed by atoms with Gasteiger partial charge >= 0.3 is 0 Å². The molecule has 2 unspecified atom stereocenters. The van der Waals surface area contributed by atoms with Gasteiger partial charge in [0.2, 0.25) is 0 Å². The lowest BCUT2D eigenvalue weighted by atomic mass is 10.1. The third kappa shape index (κ3) is 4.96. The van der Waals surface area contributed by atoms with Gasteiger partial charge in [-0.3, -0.25) is 0 Å². The van der Waals surface area contributed by atoms with Gasteiger partial charge in [-0.2, -0.15) is 0 Å². The van der Waals surface area contributed by atoms with Crippen LogP contribution in [0.3, 0.4) is 0 Å². The normalized spacial score (nSPS) is 14.2. The van der Waals surface area contributed by atoms with Crippen molar-refractivity contribution in [3.63, 3.8) is 0 Å². The highest BCUT2D eigenvalue weighted by Crippen LogP contribution is 2.25. The Hall–Kier alpha value is -0.580. The molecule has 3 nitrogen and oxygen atoms in total. The second-order valence-corrected chi connectivity index (χ2v) is 5.08. The molecule has 1 aromatic carbocycles. The number of para-hydroxylation sites is 1. The summed E-state index contributed by atoms with van der Waals surface area (Å²) >= 11 is 3.34. The molecule has 0 radical (unpaired) electrons. The Morgan fingerprint density at radius 2 is 2.11 bits per heavy atom. The lowest BCUT2D eigenvalue weighted by Gasteiger charge is -2.19. The molecule has 0 aliphatic heterocycles. The van der Waals surface area contributed by atoms with Crippen molar-refractivity contribution in [1.29, 1.82) is 0 Å². The number of aliphatic hydroxyl groups excluding tert-OH is 1. The molecule has 0 saturated heterocycles. The zero-order valence-electron chi connectivity index (χ0n) is 11.0. The molecule has 18 heavy (non-hydrogen) atoms. The van der Waals surface area contributed by atoms with Crippen LogP contribution in [0.15, 0.2) is 24.3 Å². The molecule has 4 heteroatoms. The van der Waals surface area contributed by atoms with E-state index in [1.165, 1.54) is 0 Å². The maximum absolute atomic E-state index is 10.2. The van der Waals surface area contributed by atoms with Gasteiger partial charge in [0.1, 0.15) is 5.75 Å². The van der Waals surface area contributed by atoms with Crippen LogP contribution in [-0.4, -0.2) is 29.6 Å². The van der Waals surface area contributed by atoms with Gasteiger partial charge in [-0.15, -0.1) is 0 Å². The van der Waals surface area contributed by atoms with Crippen molar-refractivity contribution in [3.8, 4) is 5.75 Å². The first-order chi connectivity index (χ1) is 8.69. The molecule has 0 bridgehead atoms. The molecule has 0 aromatic heterocycles. The largest absolute Gasteiger partial charge is 0.490 e. The van der Waals surface area contributed by atoms with Gasteiger partial charge in [0, 0.05) is 24.0 Å². The number of aliphatic hydroxyl groups is 1. The topological polar surface area (TPSA) is 41.5 Å². The highest BCUT2D eigenvalue weighted by Gasteiger charge is 2.14. The van der Waals surface area contributed by atoms with Crippen molar-refractivity contribution in [2.24, 2.45) is 0 Å². The van der Waals surface area contributed by atoms with E-state index in [0.29, 0.717) is 6.54 Å². The van der Waals surface area contributed by atoms with Crippen LogP contribution in [0.4, 0.5) is 0 Å². The van der Waals surface area contributed by atoms with E-state index in [0.717, 1.165) is 29.6 Å². The fourth-order valence-corrected chi connectivity index (χ4v) is 1.86. The van der Waals surface area contributed by atoms with E-state index in [4.69, 9.17) is 4.74 Å². The zero-order valence-corrected chi connectivity index (χ0v) is 12.6. The summed E-state index contributed by atoms with van der Waals surface area (Å²) in [4.78, 5) is 0. The molecule has 1 aromatic rings. The first kappa shape index (κ1) is 15.5. The summed E-state index contributed by atoms with van der Waals surface area (Å²) in [6, 6.07) is 7.68. The van der Waals surface area contributed by atoms with E-state index in [-0.39, 0.29) is 6.10 Å². The average molecular weight is 316 g/mol. The summed E-state index contributed by atoms with van der Waals surface area (Å²) < 4.78 is 5.83. The van der Waals surface area contributed by atoms with Gasteiger partial charge in [0.05, 0.1) is 12.2 Å². The Morgan fingerprint density at radius 3 is 2.78 bits per heavy atom. The lowest BCUT2D eigenvalue weighted by molar-refractivity contribution is 0.160. The monoisotopic (exact) mass is 315 g/mol. The minimum atomic E-state index is -0.538. The molecular weight excluding hydrogens is 294 g/mol. The van der Waals surface area contributed by atoms with Gasteiger partial charge in [0.15, 0.2) is 0 Å². The molecule has 0 saturated carbocycles. The first-order valence-electron chi connectivity index (χ1n) is 6.39. The van der Waals surface area contributed by atoms with Crippen molar-refractivity contribution in [2.75, 3.05) is 18.4 Å². The minimum absolute atomic E-state index is 0.161. The molecule has 0 fully saturated rings. The second kappa shape index (κ2) is 8.51. The van der Waals surface area contributed by atoms with Crippen LogP contribution in [0, 0.1) is 0 Å². The Kier molecular flexibility index (Phi) is 7.32. The first-order valence-corrected chi connectivity index (χ1v) is 7.51. The predicted molar refractivity (Wildman–Crippen MR) is 78.4 cm³/mol. The fourth-order valence-electron chi connectivity index (χ4n) is 1.58. The number of alkyl halides is 1. The van der Waals surface area contributed by atoms with E-state index in [2.05, 4.69) is 28.2 Å². The molecule has 0 amide bonds. The van der Waals surface area contributed by atoms with Crippen molar-refractivity contribution in [2.45, 2.75) is 32.5 Å². The molecular formula is C14H22BrNO2. The van der Waals surface area contributed by atoms with Crippen LogP contribution in [0.5, 0.6) is 5.75 Å². The van der Waals surface area contributed by atoms with Gasteiger partial charge < -0.3 is 15.2 Å². The van der Waals surface area contributed by atoms with Crippen LogP contribution in [-0.2, 0) is 0 Å². The molecule has 0 aliphatic rings. The predicted octanol–water partition coefficient (Wildman–Crippen LogP) is 2.88. The molecule has 1 rings (SSSR count).